The SMILES string of the molecule is Cc1cccc(C)[n+]1B1C2CCCC1CCC2. The Morgan fingerprint density at radius 3 is 1.88 bits per heavy atom. The summed E-state index contributed by atoms with van der Waals surface area (Å²) in [6.07, 6.45) is 8.78. The average Bonchev–Trinajstić information content (AvgIpc) is 2.28. The molecule has 0 spiro atoms. The molecule has 0 unspecified atom stereocenters. The second kappa shape index (κ2) is 4.47. The standard InChI is InChI=1S/C15H23BN/c1-12-6-3-7-13(2)17(12)16-14-8-4-9-15(16)11-5-10-14/h3,6-7,14-15H,4-5,8-11H2,1-2H3/q+1. The summed E-state index contributed by atoms with van der Waals surface area (Å²) in [6, 6.07) is 6.74. The molecule has 3 rings (SSSR count). The lowest BCUT2D eigenvalue weighted by molar-refractivity contribution is -0.557. The van der Waals surface area contributed by atoms with Crippen molar-refractivity contribution in [3.63, 3.8) is 0 Å². The highest BCUT2D eigenvalue weighted by Crippen LogP contribution is 2.45. The van der Waals surface area contributed by atoms with Crippen LogP contribution >= 0.6 is 0 Å². The predicted molar refractivity (Wildman–Crippen MR) is 72.5 cm³/mol. The third-order valence-corrected chi connectivity index (χ3v) is 5.00. The molecule has 0 aliphatic carbocycles. The van der Waals surface area contributed by atoms with Gasteiger partial charge in [-0.1, -0.05) is 44.6 Å². The van der Waals surface area contributed by atoms with Crippen molar-refractivity contribution in [2.75, 3.05) is 0 Å². The number of aryl methyl sites for hydroxylation is 2. The molecule has 2 aliphatic heterocycles. The van der Waals surface area contributed by atoms with Crippen LogP contribution in [-0.2, 0) is 0 Å². The summed E-state index contributed by atoms with van der Waals surface area (Å²) in [5.41, 5.74) is 2.91. The fourth-order valence-corrected chi connectivity index (χ4v) is 4.30. The molecular formula is C15H23BN+. The number of hydrogen-bond donors (Lipinski definition) is 0. The van der Waals surface area contributed by atoms with Crippen LogP contribution in [0.15, 0.2) is 18.2 Å². The Balaban J connectivity index is 2.02. The highest BCUT2D eigenvalue weighted by atomic mass is 14.9. The number of rotatable bonds is 1. The fourth-order valence-electron chi connectivity index (χ4n) is 4.30. The van der Waals surface area contributed by atoms with E-state index in [4.69, 9.17) is 0 Å². The van der Waals surface area contributed by atoms with Crippen molar-refractivity contribution in [3.8, 4) is 0 Å². The molecule has 0 amide bonds. The summed E-state index contributed by atoms with van der Waals surface area (Å²) >= 11 is 0. The summed E-state index contributed by atoms with van der Waals surface area (Å²) < 4.78 is 2.65. The Bertz CT molecular complexity index is 373. The summed E-state index contributed by atoms with van der Waals surface area (Å²) in [4.78, 5) is 0. The normalized spacial score (nSPS) is 28.2. The van der Waals surface area contributed by atoms with Crippen LogP contribution in [0.2, 0.25) is 11.6 Å². The summed E-state index contributed by atoms with van der Waals surface area (Å²) in [5.74, 6) is 1.90. The van der Waals surface area contributed by atoms with E-state index >= 15 is 0 Å². The largest absolute Gasteiger partial charge is 0.495 e. The molecule has 1 aromatic heterocycles. The van der Waals surface area contributed by atoms with Crippen LogP contribution in [0.25, 0.3) is 0 Å². The quantitative estimate of drug-likeness (QED) is 0.647. The van der Waals surface area contributed by atoms with E-state index in [-0.39, 0.29) is 0 Å². The van der Waals surface area contributed by atoms with Crippen molar-refractivity contribution in [1.29, 1.82) is 0 Å². The first kappa shape index (κ1) is 11.3. The minimum Gasteiger partial charge on any atom is -0.285 e. The third-order valence-electron chi connectivity index (χ3n) is 5.00. The zero-order valence-electron chi connectivity index (χ0n) is 11.2. The molecule has 17 heavy (non-hydrogen) atoms. The van der Waals surface area contributed by atoms with Crippen molar-refractivity contribution in [1.82, 2.24) is 0 Å². The molecule has 2 aliphatic rings. The first-order chi connectivity index (χ1) is 8.27. The molecule has 0 radical (unpaired) electrons. The first-order valence-corrected chi connectivity index (χ1v) is 7.25. The Labute approximate surface area is 105 Å². The number of aromatic nitrogens is 1. The monoisotopic (exact) mass is 228 g/mol. The first-order valence-electron chi connectivity index (χ1n) is 7.25. The van der Waals surface area contributed by atoms with Gasteiger partial charge < -0.3 is 0 Å². The lowest BCUT2D eigenvalue weighted by Gasteiger charge is -2.35. The molecule has 0 saturated carbocycles. The Morgan fingerprint density at radius 2 is 1.41 bits per heavy atom. The van der Waals surface area contributed by atoms with E-state index in [0.717, 1.165) is 18.5 Å². The maximum absolute atomic E-state index is 2.65. The highest BCUT2D eigenvalue weighted by molar-refractivity contribution is 6.53. The van der Waals surface area contributed by atoms with Crippen LogP contribution < -0.4 is 4.48 Å². The van der Waals surface area contributed by atoms with Crippen molar-refractivity contribution >= 4 is 6.85 Å². The van der Waals surface area contributed by atoms with Gasteiger partial charge in [-0.15, -0.1) is 0 Å². The van der Waals surface area contributed by atoms with Crippen LogP contribution in [0.5, 0.6) is 0 Å². The van der Waals surface area contributed by atoms with Crippen LogP contribution in [0.1, 0.15) is 49.9 Å². The fraction of sp³-hybridized carbons (Fsp3) is 0.667. The molecule has 2 saturated heterocycles. The average molecular weight is 228 g/mol. The lowest BCUT2D eigenvalue weighted by atomic mass is 9.34. The van der Waals surface area contributed by atoms with Crippen molar-refractivity contribution in [3.05, 3.63) is 29.6 Å². The van der Waals surface area contributed by atoms with Gasteiger partial charge >= 0.3 is 6.85 Å². The summed E-state index contributed by atoms with van der Waals surface area (Å²) in [5, 5.41) is 0. The van der Waals surface area contributed by atoms with Crippen molar-refractivity contribution < 1.29 is 4.48 Å². The van der Waals surface area contributed by atoms with E-state index in [1.807, 2.05) is 0 Å². The summed E-state index contributed by atoms with van der Waals surface area (Å²) in [6.45, 7) is 5.35. The van der Waals surface area contributed by atoms with Gasteiger partial charge in [0.25, 0.3) is 0 Å². The smallest absolute Gasteiger partial charge is 0.285 e. The Kier molecular flexibility index (Phi) is 2.98. The van der Waals surface area contributed by atoms with Gasteiger partial charge in [-0.25, -0.2) is 0 Å². The zero-order valence-corrected chi connectivity index (χ0v) is 11.2. The lowest BCUT2D eigenvalue weighted by Crippen LogP contribution is -2.62. The number of fused-ring (bicyclic) bond motifs is 2. The molecule has 1 nitrogen and oxygen atoms in total. The summed E-state index contributed by atoms with van der Waals surface area (Å²) in [7, 11) is 0. The molecule has 0 N–H and O–H groups in total. The highest BCUT2D eigenvalue weighted by Gasteiger charge is 2.50. The molecule has 3 heterocycles. The number of nitrogens with zero attached hydrogens (tertiary/aromatic N) is 1. The molecule has 0 aromatic carbocycles. The minimum atomic E-state index is 0.804. The van der Waals surface area contributed by atoms with Gasteiger partial charge in [-0.05, 0) is 0 Å². The third kappa shape index (κ3) is 1.92. The van der Waals surface area contributed by atoms with E-state index < -0.39 is 0 Å². The topological polar surface area (TPSA) is 3.88 Å². The second-order valence-electron chi connectivity index (χ2n) is 6.05. The van der Waals surface area contributed by atoms with Crippen LogP contribution in [0.3, 0.4) is 0 Å². The van der Waals surface area contributed by atoms with Gasteiger partial charge in [0, 0.05) is 37.6 Å². The molecule has 90 valence electrons. The molecule has 2 heteroatoms. The second-order valence-corrected chi connectivity index (χ2v) is 6.05. The zero-order chi connectivity index (χ0) is 11.8. The van der Waals surface area contributed by atoms with Gasteiger partial charge in [0.1, 0.15) is 0 Å². The molecule has 2 fully saturated rings. The predicted octanol–water partition coefficient (Wildman–Crippen LogP) is 3.54. The van der Waals surface area contributed by atoms with Crippen molar-refractivity contribution in [2.24, 2.45) is 0 Å². The molecule has 1 aromatic rings. The van der Waals surface area contributed by atoms with Gasteiger partial charge in [0.2, 0.25) is 0 Å². The van der Waals surface area contributed by atoms with Gasteiger partial charge in [-0.2, -0.15) is 0 Å². The minimum absolute atomic E-state index is 0.804. The van der Waals surface area contributed by atoms with E-state index in [9.17, 15) is 0 Å². The molecular weight excluding hydrogens is 205 g/mol. The van der Waals surface area contributed by atoms with Crippen LogP contribution in [0.4, 0.5) is 0 Å². The van der Waals surface area contributed by atoms with E-state index in [1.165, 1.54) is 49.9 Å². The maximum atomic E-state index is 2.65. The van der Waals surface area contributed by atoms with Gasteiger partial charge in [0.05, 0.1) is 0 Å². The van der Waals surface area contributed by atoms with Crippen molar-refractivity contribution in [2.45, 2.75) is 64.0 Å². The number of hydrogen-bond acceptors (Lipinski definition) is 0. The van der Waals surface area contributed by atoms with E-state index in [1.54, 1.807) is 0 Å². The van der Waals surface area contributed by atoms with E-state index in [2.05, 4.69) is 36.5 Å². The Hall–Kier alpha value is -0.785. The maximum Gasteiger partial charge on any atom is 0.495 e. The Morgan fingerprint density at radius 1 is 0.941 bits per heavy atom. The van der Waals surface area contributed by atoms with Crippen LogP contribution in [-0.4, -0.2) is 6.85 Å². The van der Waals surface area contributed by atoms with Gasteiger partial charge in [0.15, 0.2) is 11.4 Å². The number of pyridine rings is 1. The van der Waals surface area contributed by atoms with E-state index in [0.29, 0.717) is 0 Å². The molecule has 2 bridgehead atoms. The molecule has 0 atom stereocenters. The van der Waals surface area contributed by atoms with Gasteiger partial charge in [-0.3, -0.25) is 4.48 Å². The van der Waals surface area contributed by atoms with Crippen LogP contribution in [0, 0.1) is 13.8 Å².